The van der Waals surface area contributed by atoms with Gasteiger partial charge in [-0.05, 0) is 50.2 Å². The summed E-state index contributed by atoms with van der Waals surface area (Å²) in [5.41, 5.74) is 0. The van der Waals surface area contributed by atoms with E-state index in [4.69, 9.17) is 13.6 Å². The first-order valence-electron chi connectivity index (χ1n) is 8.80. The van der Waals surface area contributed by atoms with E-state index >= 15 is 0 Å². The second-order valence-electron chi connectivity index (χ2n) is 6.73. The number of hydrogen-bond donors (Lipinski definition) is 0. The molecule has 0 bridgehead atoms. The molecule has 3 aromatic rings. The van der Waals surface area contributed by atoms with Crippen LogP contribution in [0.2, 0.25) is 0 Å². The maximum absolute atomic E-state index is 13.3. The second-order valence-corrected chi connectivity index (χ2v) is 8.59. The van der Waals surface area contributed by atoms with E-state index in [0.29, 0.717) is 18.8 Å². The lowest BCUT2D eigenvalue weighted by atomic mass is 10.2. The number of hydrogen-bond acceptors (Lipinski definition) is 7. The van der Waals surface area contributed by atoms with Crippen molar-refractivity contribution in [2.45, 2.75) is 36.0 Å². The zero-order valence-electron chi connectivity index (χ0n) is 15.3. The van der Waals surface area contributed by atoms with Gasteiger partial charge in [-0.25, -0.2) is 12.8 Å². The van der Waals surface area contributed by atoms with E-state index in [0.717, 1.165) is 12.1 Å². The van der Waals surface area contributed by atoms with Crippen LogP contribution in [-0.2, 0) is 14.6 Å². The highest BCUT2D eigenvalue weighted by atomic mass is 32.2. The number of ether oxygens (including phenoxy) is 1. The molecule has 0 radical (unpaired) electrons. The van der Waals surface area contributed by atoms with Crippen LogP contribution in [0.25, 0.3) is 11.7 Å². The molecular formula is C19H19FN2O5S. The number of halogens is 1. The molecule has 0 amide bonds. The molecule has 0 saturated carbocycles. The van der Waals surface area contributed by atoms with Crippen LogP contribution >= 0.6 is 0 Å². The number of benzene rings is 1. The van der Waals surface area contributed by atoms with Gasteiger partial charge in [0.2, 0.25) is 20.7 Å². The number of aromatic nitrogens is 1. The van der Waals surface area contributed by atoms with E-state index in [2.05, 4.69) is 4.98 Å². The Morgan fingerprint density at radius 1 is 1.11 bits per heavy atom. The number of nitrogens with zero attached hydrogens (tertiary/aromatic N) is 2. The third-order valence-electron chi connectivity index (χ3n) is 4.40. The lowest BCUT2D eigenvalue weighted by Crippen LogP contribution is -2.45. The summed E-state index contributed by atoms with van der Waals surface area (Å²) < 4.78 is 56.6. The van der Waals surface area contributed by atoms with Gasteiger partial charge in [0.1, 0.15) is 5.82 Å². The first-order chi connectivity index (χ1) is 13.3. The third-order valence-corrected chi connectivity index (χ3v) is 6.06. The molecule has 0 aliphatic carbocycles. The number of oxazole rings is 1. The Morgan fingerprint density at radius 2 is 1.79 bits per heavy atom. The standard InChI is InChI=1S/C19H19FN2O5S/c1-12-10-22(11-13(2)26-12)19-18(21-17(27-19)16-4-3-9-25-16)28(23,24)15-7-5-14(20)6-8-15/h3-9,12-13H,10-11H2,1-2H3. The molecule has 1 fully saturated rings. The molecule has 0 N–H and O–H groups in total. The largest absolute Gasteiger partial charge is 0.459 e. The van der Waals surface area contributed by atoms with E-state index in [9.17, 15) is 12.8 Å². The SMILES string of the molecule is CC1CN(c2oc(-c3ccco3)nc2S(=O)(=O)c2ccc(F)cc2)CC(C)O1. The Morgan fingerprint density at radius 3 is 2.39 bits per heavy atom. The van der Waals surface area contributed by atoms with Crippen molar-refractivity contribution in [1.29, 1.82) is 0 Å². The summed E-state index contributed by atoms with van der Waals surface area (Å²) in [5.74, 6) is -0.0206. The molecule has 4 rings (SSSR count). The van der Waals surface area contributed by atoms with Crippen molar-refractivity contribution >= 4 is 15.7 Å². The van der Waals surface area contributed by atoms with E-state index < -0.39 is 15.7 Å². The van der Waals surface area contributed by atoms with E-state index in [-0.39, 0.29) is 33.9 Å². The molecule has 7 nitrogen and oxygen atoms in total. The minimum absolute atomic E-state index is 0.0625. The van der Waals surface area contributed by atoms with Crippen molar-refractivity contribution in [3.63, 3.8) is 0 Å². The van der Waals surface area contributed by atoms with Crippen LogP contribution in [0.5, 0.6) is 0 Å². The Balaban J connectivity index is 1.84. The maximum atomic E-state index is 13.3. The number of rotatable bonds is 4. The molecule has 1 aliphatic heterocycles. The Hall–Kier alpha value is -2.65. The van der Waals surface area contributed by atoms with Crippen molar-refractivity contribution in [2.24, 2.45) is 0 Å². The lowest BCUT2D eigenvalue weighted by Gasteiger charge is -2.35. The monoisotopic (exact) mass is 406 g/mol. The normalized spacial score (nSPS) is 20.5. The Bertz CT molecular complexity index is 1050. The van der Waals surface area contributed by atoms with Gasteiger partial charge in [0.05, 0.1) is 23.4 Å². The summed E-state index contributed by atoms with van der Waals surface area (Å²) in [7, 11) is -4.04. The number of anilines is 1. The zero-order chi connectivity index (χ0) is 19.9. The molecule has 2 atom stereocenters. The topological polar surface area (TPSA) is 85.8 Å². The fourth-order valence-electron chi connectivity index (χ4n) is 3.25. The lowest BCUT2D eigenvalue weighted by molar-refractivity contribution is -0.00657. The average molecular weight is 406 g/mol. The Kier molecular flexibility index (Phi) is 4.72. The summed E-state index contributed by atoms with van der Waals surface area (Å²) in [4.78, 5) is 5.96. The van der Waals surface area contributed by atoms with Gasteiger partial charge in [-0.3, -0.25) is 0 Å². The maximum Gasteiger partial charge on any atom is 0.266 e. The summed E-state index contributed by atoms with van der Waals surface area (Å²) in [6, 6.07) is 7.90. The first kappa shape index (κ1) is 18.7. The summed E-state index contributed by atoms with van der Waals surface area (Å²) >= 11 is 0. The van der Waals surface area contributed by atoms with Crippen molar-refractivity contribution in [3.8, 4) is 11.7 Å². The Labute approximate surface area is 161 Å². The van der Waals surface area contributed by atoms with Crippen LogP contribution in [0.15, 0.2) is 61.4 Å². The van der Waals surface area contributed by atoms with Gasteiger partial charge in [-0.2, -0.15) is 4.98 Å². The van der Waals surface area contributed by atoms with Gasteiger partial charge in [0, 0.05) is 13.1 Å². The molecule has 2 unspecified atom stereocenters. The van der Waals surface area contributed by atoms with Crippen LogP contribution in [0.4, 0.5) is 10.3 Å². The number of furan rings is 1. The molecule has 9 heteroatoms. The molecule has 1 saturated heterocycles. The van der Waals surface area contributed by atoms with Gasteiger partial charge in [-0.1, -0.05) is 0 Å². The molecule has 3 heterocycles. The molecule has 2 aromatic heterocycles. The van der Waals surface area contributed by atoms with Gasteiger partial charge in [0.15, 0.2) is 5.76 Å². The summed E-state index contributed by atoms with van der Waals surface area (Å²) in [6.07, 6.45) is 1.23. The summed E-state index contributed by atoms with van der Waals surface area (Å²) in [5, 5.41) is -0.230. The first-order valence-corrected chi connectivity index (χ1v) is 10.3. The van der Waals surface area contributed by atoms with Gasteiger partial charge >= 0.3 is 0 Å². The minimum atomic E-state index is -4.04. The number of sulfone groups is 1. The highest BCUT2D eigenvalue weighted by molar-refractivity contribution is 7.91. The second kappa shape index (κ2) is 7.06. The highest BCUT2D eigenvalue weighted by Crippen LogP contribution is 2.36. The van der Waals surface area contributed by atoms with Crippen molar-refractivity contribution in [1.82, 2.24) is 4.98 Å². The molecule has 1 aromatic carbocycles. The number of morpholine rings is 1. The van der Waals surface area contributed by atoms with E-state index in [1.54, 1.807) is 17.0 Å². The zero-order valence-corrected chi connectivity index (χ0v) is 16.1. The fraction of sp³-hybridized carbons (Fsp3) is 0.316. The quantitative estimate of drug-likeness (QED) is 0.613. The van der Waals surface area contributed by atoms with Crippen molar-refractivity contribution in [2.75, 3.05) is 18.0 Å². The molecular weight excluding hydrogens is 387 g/mol. The van der Waals surface area contributed by atoms with Crippen LogP contribution in [0, 0.1) is 5.82 Å². The smallest absolute Gasteiger partial charge is 0.266 e. The fourth-order valence-corrected chi connectivity index (χ4v) is 4.57. The van der Waals surface area contributed by atoms with Crippen LogP contribution in [0.3, 0.4) is 0 Å². The van der Waals surface area contributed by atoms with E-state index in [1.807, 2.05) is 13.8 Å². The highest BCUT2D eigenvalue weighted by Gasteiger charge is 2.34. The van der Waals surface area contributed by atoms with Crippen LogP contribution in [-0.4, -0.2) is 38.7 Å². The molecule has 1 aliphatic rings. The predicted octanol–water partition coefficient (Wildman–Crippen LogP) is 3.52. The van der Waals surface area contributed by atoms with Crippen molar-refractivity contribution in [3.05, 3.63) is 48.5 Å². The molecule has 28 heavy (non-hydrogen) atoms. The summed E-state index contributed by atoms with van der Waals surface area (Å²) in [6.45, 7) is 4.70. The van der Waals surface area contributed by atoms with Crippen LogP contribution in [0.1, 0.15) is 13.8 Å². The predicted molar refractivity (Wildman–Crippen MR) is 98.3 cm³/mol. The molecule has 148 valence electrons. The third kappa shape index (κ3) is 3.43. The van der Waals surface area contributed by atoms with Gasteiger partial charge in [-0.15, -0.1) is 0 Å². The van der Waals surface area contributed by atoms with E-state index in [1.165, 1.54) is 18.4 Å². The van der Waals surface area contributed by atoms with Crippen LogP contribution < -0.4 is 4.90 Å². The van der Waals surface area contributed by atoms with Gasteiger partial charge < -0.3 is 18.5 Å². The average Bonchev–Trinajstić information content (AvgIpc) is 3.31. The molecule has 0 spiro atoms. The minimum Gasteiger partial charge on any atom is -0.459 e. The van der Waals surface area contributed by atoms with Gasteiger partial charge in [0.25, 0.3) is 5.89 Å². The van der Waals surface area contributed by atoms with Crippen molar-refractivity contribution < 1.29 is 26.4 Å².